The van der Waals surface area contributed by atoms with E-state index < -0.39 is 0 Å². The molecule has 0 saturated heterocycles. The number of rotatable bonds is 3. The molecule has 1 aromatic carbocycles. The number of aromatic nitrogens is 3. The van der Waals surface area contributed by atoms with Crippen LogP contribution in [0.5, 0.6) is 0 Å². The fourth-order valence-corrected chi connectivity index (χ4v) is 1.46. The van der Waals surface area contributed by atoms with Crippen molar-refractivity contribution in [2.75, 3.05) is 6.54 Å². The molecule has 2 aromatic rings. The molecule has 0 aliphatic carbocycles. The summed E-state index contributed by atoms with van der Waals surface area (Å²) in [6, 6.07) is 5.68. The Hall–Kier alpha value is -2.04. The van der Waals surface area contributed by atoms with E-state index in [0.717, 1.165) is 12.0 Å². The molecule has 2 rings (SSSR count). The molecule has 17 heavy (non-hydrogen) atoms. The number of aryl methyl sites for hydroxylation is 1. The van der Waals surface area contributed by atoms with E-state index in [4.69, 9.17) is 0 Å². The van der Waals surface area contributed by atoms with Crippen LogP contribution in [0.3, 0.4) is 0 Å². The largest absolute Gasteiger partial charge is 0.349 e. The van der Waals surface area contributed by atoms with Crippen LogP contribution in [0.2, 0.25) is 0 Å². The van der Waals surface area contributed by atoms with Crippen molar-refractivity contribution in [2.24, 2.45) is 0 Å². The van der Waals surface area contributed by atoms with Gasteiger partial charge < -0.3 is 5.32 Å². The lowest BCUT2D eigenvalue weighted by Crippen LogP contribution is -2.26. The molecule has 0 aliphatic rings. The molecule has 88 valence electrons. The number of fused-ring (bicyclic) bond motifs is 1. The molecule has 0 spiro atoms. The summed E-state index contributed by atoms with van der Waals surface area (Å²) in [6.45, 7) is 4.58. The summed E-state index contributed by atoms with van der Waals surface area (Å²) < 4.78 is 0. The van der Waals surface area contributed by atoms with Gasteiger partial charge in [0, 0.05) is 6.54 Å². The Morgan fingerprint density at radius 3 is 2.88 bits per heavy atom. The minimum absolute atomic E-state index is 0.122. The molecule has 0 fully saturated rings. The molecule has 1 heterocycles. The van der Waals surface area contributed by atoms with Crippen molar-refractivity contribution < 1.29 is 4.79 Å². The molecule has 1 aromatic heterocycles. The third-order valence-corrected chi connectivity index (χ3v) is 2.35. The van der Waals surface area contributed by atoms with Crippen LogP contribution in [0.1, 0.15) is 29.5 Å². The zero-order valence-electron chi connectivity index (χ0n) is 9.90. The highest BCUT2D eigenvalue weighted by Gasteiger charge is 2.10. The minimum atomic E-state index is -0.275. The summed E-state index contributed by atoms with van der Waals surface area (Å²) >= 11 is 0. The van der Waals surface area contributed by atoms with Crippen molar-refractivity contribution in [3.8, 4) is 0 Å². The van der Waals surface area contributed by atoms with E-state index in [-0.39, 0.29) is 11.7 Å². The molecular weight excluding hydrogens is 216 g/mol. The molecule has 1 amide bonds. The second-order valence-corrected chi connectivity index (χ2v) is 3.88. The van der Waals surface area contributed by atoms with E-state index in [1.54, 1.807) is 0 Å². The molecule has 0 atom stereocenters. The lowest BCUT2D eigenvalue weighted by atomic mass is 10.2. The lowest BCUT2D eigenvalue weighted by molar-refractivity contribution is 0.0942. The van der Waals surface area contributed by atoms with Crippen LogP contribution < -0.4 is 5.32 Å². The van der Waals surface area contributed by atoms with Gasteiger partial charge in [0.25, 0.3) is 5.91 Å². The van der Waals surface area contributed by atoms with Crippen molar-refractivity contribution >= 4 is 16.9 Å². The number of nitrogens with zero attached hydrogens (tertiary/aromatic N) is 3. The zero-order chi connectivity index (χ0) is 12.3. The van der Waals surface area contributed by atoms with Crippen molar-refractivity contribution in [3.05, 3.63) is 29.6 Å². The van der Waals surface area contributed by atoms with Crippen molar-refractivity contribution in [1.82, 2.24) is 20.5 Å². The summed E-state index contributed by atoms with van der Waals surface area (Å²) in [5.41, 5.74) is 2.47. The summed E-state index contributed by atoms with van der Waals surface area (Å²) in [5.74, 6) is -0.153. The van der Waals surface area contributed by atoms with Gasteiger partial charge in [-0.2, -0.15) is 0 Å². The first-order valence-electron chi connectivity index (χ1n) is 5.60. The van der Waals surface area contributed by atoms with Gasteiger partial charge in [0.2, 0.25) is 5.82 Å². The van der Waals surface area contributed by atoms with E-state index in [0.29, 0.717) is 17.6 Å². The molecule has 0 bridgehead atoms. The summed E-state index contributed by atoms with van der Waals surface area (Å²) in [6.07, 6.45) is 0.881. The summed E-state index contributed by atoms with van der Waals surface area (Å²) in [5, 5.41) is 10.5. The monoisotopic (exact) mass is 230 g/mol. The molecule has 1 N–H and O–H groups in total. The first-order chi connectivity index (χ1) is 8.20. The SMILES string of the molecule is CCCNC(=O)c1nnc2ccc(C)cc2n1. The molecule has 0 aliphatic heterocycles. The summed E-state index contributed by atoms with van der Waals surface area (Å²) in [7, 11) is 0. The molecule has 0 unspecified atom stereocenters. The van der Waals surface area contributed by atoms with Gasteiger partial charge in [0.1, 0.15) is 5.52 Å². The first kappa shape index (κ1) is 11.4. The fraction of sp³-hybridized carbons (Fsp3) is 0.333. The second-order valence-electron chi connectivity index (χ2n) is 3.88. The second kappa shape index (κ2) is 4.86. The van der Waals surface area contributed by atoms with Crippen LogP contribution in [0.4, 0.5) is 0 Å². The highest BCUT2D eigenvalue weighted by molar-refractivity contribution is 5.91. The first-order valence-corrected chi connectivity index (χ1v) is 5.60. The number of carbonyl (C=O) groups is 1. The minimum Gasteiger partial charge on any atom is -0.349 e. The standard InChI is InChI=1S/C12H14N4O/c1-3-6-13-12(17)11-14-10-7-8(2)4-5-9(10)15-16-11/h4-5,7H,3,6H2,1-2H3,(H,13,17). The Morgan fingerprint density at radius 2 is 2.12 bits per heavy atom. The Bertz CT molecular complexity index is 553. The maximum atomic E-state index is 11.7. The molecule has 5 nitrogen and oxygen atoms in total. The highest BCUT2D eigenvalue weighted by Crippen LogP contribution is 2.10. The van der Waals surface area contributed by atoms with Gasteiger partial charge in [-0.25, -0.2) is 4.98 Å². The third-order valence-electron chi connectivity index (χ3n) is 2.35. The van der Waals surface area contributed by atoms with E-state index >= 15 is 0 Å². The highest BCUT2D eigenvalue weighted by atomic mass is 16.2. The van der Waals surface area contributed by atoms with Gasteiger partial charge in [-0.05, 0) is 31.0 Å². The fourth-order valence-electron chi connectivity index (χ4n) is 1.46. The topological polar surface area (TPSA) is 67.8 Å². The van der Waals surface area contributed by atoms with Crippen molar-refractivity contribution in [2.45, 2.75) is 20.3 Å². The van der Waals surface area contributed by atoms with Gasteiger partial charge in [-0.1, -0.05) is 13.0 Å². The van der Waals surface area contributed by atoms with Crippen LogP contribution in [0.15, 0.2) is 18.2 Å². The van der Waals surface area contributed by atoms with Gasteiger partial charge >= 0.3 is 0 Å². The predicted octanol–water partition coefficient (Wildman–Crippen LogP) is 1.47. The normalized spacial score (nSPS) is 10.5. The predicted molar refractivity (Wildman–Crippen MR) is 64.7 cm³/mol. The molecule has 0 radical (unpaired) electrons. The van der Waals surface area contributed by atoms with Gasteiger partial charge in [-0.15, -0.1) is 10.2 Å². The lowest BCUT2D eigenvalue weighted by Gasteiger charge is -2.02. The maximum Gasteiger partial charge on any atom is 0.291 e. The Labute approximate surface area is 99.3 Å². The number of nitrogens with one attached hydrogen (secondary N) is 1. The van der Waals surface area contributed by atoms with E-state index in [1.807, 2.05) is 32.0 Å². The van der Waals surface area contributed by atoms with E-state index in [2.05, 4.69) is 20.5 Å². The number of hydrogen-bond acceptors (Lipinski definition) is 4. The average Bonchev–Trinajstić information content (AvgIpc) is 2.35. The molecule has 5 heteroatoms. The van der Waals surface area contributed by atoms with Crippen LogP contribution in [-0.2, 0) is 0 Å². The number of amides is 1. The number of benzene rings is 1. The third kappa shape index (κ3) is 2.55. The van der Waals surface area contributed by atoms with Crippen LogP contribution in [0, 0.1) is 6.92 Å². The number of hydrogen-bond donors (Lipinski definition) is 1. The van der Waals surface area contributed by atoms with Gasteiger partial charge in [0.05, 0.1) is 5.52 Å². The Kier molecular flexibility index (Phi) is 3.27. The average molecular weight is 230 g/mol. The molecular formula is C12H14N4O. The van der Waals surface area contributed by atoms with Crippen LogP contribution in [-0.4, -0.2) is 27.6 Å². The van der Waals surface area contributed by atoms with Crippen LogP contribution in [0.25, 0.3) is 11.0 Å². The molecule has 0 saturated carbocycles. The zero-order valence-corrected chi connectivity index (χ0v) is 9.90. The van der Waals surface area contributed by atoms with Gasteiger partial charge in [0.15, 0.2) is 0 Å². The smallest absolute Gasteiger partial charge is 0.291 e. The van der Waals surface area contributed by atoms with Crippen LogP contribution >= 0.6 is 0 Å². The van der Waals surface area contributed by atoms with Gasteiger partial charge in [-0.3, -0.25) is 4.79 Å². The van der Waals surface area contributed by atoms with Crippen molar-refractivity contribution in [3.63, 3.8) is 0 Å². The van der Waals surface area contributed by atoms with Crippen molar-refractivity contribution in [1.29, 1.82) is 0 Å². The Morgan fingerprint density at radius 1 is 1.29 bits per heavy atom. The van der Waals surface area contributed by atoms with E-state index in [1.165, 1.54) is 0 Å². The number of carbonyl (C=O) groups excluding carboxylic acids is 1. The Balaban J connectivity index is 2.33. The van der Waals surface area contributed by atoms with E-state index in [9.17, 15) is 4.79 Å². The summed E-state index contributed by atoms with van der Waals surface area (Å²) in [4.78, 5) is 15.9. The quantitative estimate of drug-likeness (QED) is 0.867. The maximum absolute atomic E-state index is 11.7.